The molecule has 2 rings (SSSR count). The zero-order chi connectivity index (χ0) is 14.7. The molecule has 1 aliphatic rings. The number of Topliss-reactive ketones (excluding diaryl/α,β-unsaturated/α-hetero) is 1. The minimum atomic E-state index is -0.862. The van der Waals surface area contributed by atoms with Crippen molar-refractivity contribution in [3.63, 3.8) is 0 Å². The van der Waals surface area contributed by atoms with Gasteiger partial charge in [0.05, 0.1) is 22.3 Å². The molecule has 0 unspecified atom stereocenters. The zero-order valence-electron chi connectivity index (χ0n) is 10.4. The molecule has 0 heterocycles. The Morgan fingerprint density at radius 2 is 2.15 bits per heavy atom. The Balaban J connectivity index is 2.28. The number of allylic oxidation sites excluding steroid dienone is 2. The summed E-state index contributed by atoms with van der Waals surface area (Å²) in [4.78, 5) is 25.1. The summed E-state index contributed by atoms with van der Waals surface area (Å²) in [6.45, 7) is 0. The lowest BCUT2D eigenvalue weighted by molar-refractivity contribution is -0.385. The number of ketones is 1. The third kappa shape index (κ3) is 2.87. The fourth-order valence-corrected chi connectivity index (χ4v) is 1.84. The standard InChI is InChI=1S/C13H11FN2O4/c14-10-6-8(16(19)20)4-5-11(10)15-7-9-12(17)2-1-3-13(9)18/h4-7,17H,1-3H2. The summed E-state index contributed by atoms with van der Waals surface area (Å²) in [5.74, 6) is -1.18. The van der Waals surface area contributed by atoms with Gasteiger partial charge in [0.2, 0.25) is 0 Å². The molecule has 0 radical (unpaired) electrons. The van der Waals surface area contributed by atoms with Crippen molar-refractivity contribution in [2.45, 2.75) is 19.3 Å². The maximum atomic E-state index is 13.6. The predicted molar refractivity (Wildman–Crippen MR) is 69.7 cm³/mol. The van der Waals surface area contributed by atoms with Gasteiger partial charge in [-0.2, -0.15) is 0 Å². The van der Waals surface area contributed by atoms with Gasteiger partial charge < -0.3 is 5.11 Å². The number of benzene rings is 1. The molecule has 0 atom stereocenters. The van der Waals surface area contributed by atoms with E-state index in [-0.39, 0.29) is 28.5 Å². The van der Waals surface area contributed by atoms with E-state index in [1.54, 1.807) is 0 Å². The SMILES string of the molecule is O=C1CCCC(O)=C1C=Nc1ccc([N+](=O)[O-])cc1F. The van der Waals surface area contributed by atoms with Crippen LogP contribution < -0.4 is 0 Å². The van der Waals surface area contributed by atoms with Crippen molar-refractivity contribution in [1.82, 2.24) is 0 Å². The number of aliphatic hydroxyl groups excluding tert-OH is 1. The average molecular weight is 278 g/mol. The fourth-order valence-electron chi connectivity index (χ4n) is 1.84. The summed E-state index contributed by atoms with van der Waals surface area (Å²) >= 11 is 0. The molecule has 1 N–H and O–H groups in total. The third-order valence-electron chi connectivity index (χ3n) is 2.90. The average Bonchev–Trinajstić information content (AvgIpc) is 2.39. The molecule has 0 fully saturated rings. The van der Waals surface area contributed by atoms with Crippen LogP contribution in [0.1, 0.15) is 19.3 Å². The van der Waals surface area contributed by atoms with Gasteiger partial charge in [-0.05, 0) is 12.5 Å². The Kier molecular flexibility index (Phi) is 3.88. The van der Waals surface area contributed by atoms with Gasteiger partial charge >= 0.3 is 0 Å². The minimum Gasteiger partial charge on any atom is -0.512 e. The van der Waals surface area contributed by atoms with Gasteiger partial charge in [0, 0.05) is 25.1 Å². The number of nitro groups is 1. The van der Waals surface area contributed by atoms with Crippen LogP contribution in [0.3, 0.4) is 0 Å². The molecule has 0 aliphatic heterocycles. The summed E-state index contributed by atoms with van der Waals surface area (Å²) in [7, 11) is 0. The first-order valence-corrected chi connectivity index (χ1v) is 5.92. The van der Waals surface area contributed by atoms with Gasteiger partial charge in [-0.15, -0.1) is 0 Å². The lowest BCUT2D eigenvalue weighted by Crippen LogP contribution is -2.12. The van der Waals surface area contributed by atoms with Gasteiger partial charge in [0.15, 0.2) is 11.6 Å². The van der Waals surface area contributed by atoms with E-state index in [0.29, 0.717) is 19.3 Å². The first kappa shape index (κ1) is 13.9. The number of nitrogens with zero attached hydrogens (tertiary/aromatic N) is 2. The van der Waals surface area contributed by atoms with Gasteiger partial charge in [-0.3, -0.25) is 19.9 Å². The van der Waals surface area contributed by atoms with Crippen LogP contribution in [0.4, 0.5) is 15.8 Å². The summed E-state index contributed by atoms with van der Waals surface area (Å²) in [6, 6.07) is 3.02. The number of halogens is 1. The molecule has 0 amide bonds. The van der Waals surface area contributed by atoms with Gasteiger partial charge in [0.25, 0.3) is 5.69 Å². The number of carbonyl (C=O) groups is 1. The van der Waals surface area contributed by atoms with E-state index in [4.69, 9.17) is 0 Å². The second kappa shape index (κ2) is 5.60. The second-order valence-electron chi connectivity index (χ2n) is 4.29. The number of aliphatic imine (C=N–C) groups is 1. The molecule has 1 aromatic rings. The molecule has 0 spiro atoms. The van der Waals surface area contributed by atoms with Crippen LogP contribution in [0.2, 0.25) is 0 Å². The summed E-state index contributed by atoms with van der Waals surface area (Å²) in [5.41, 5.74) is -0.444. The highest BCUT2D eigenvalue weighted by atomic mass is 19.1. The minimum absolute atomic E-state index is 0.0627. The number of aliphatic hydroxyl groups is 1. The van der Waals surface area contributed by atoms with Gasteiger partial charge in [-0.1, -0.05) is 0 Å². The summed E-state index contributed by atoms with van der Waals surface area (Å²) in [6.07, 6.45) is 2.37. The second-order valence-corrected chi connectivity index (χ2v) is 4.29. The topological polar surface area (TPSA) is 92.8 Å². The van der Waals surface area contributed by atoms with Crippen LogP contribution >= 0.6 is 0 Å². The van der Waals surface area contributed by atoms with Crippen molar-refractivity contribution >= 4 is 23.4 Å². The normalized spacial score (nSPS) is 15.9. The summed E-state index contributed by atoms with van der Waals surface area (Å²) < 4.78 is 13.6. The Hall–Kier alpha value is -2.57. The van der Waals surface area contributed by atoms with E-state index >= 15 is 0 Å². The van der Waals surface area contributed by atoms with Gasteiger partial charge in [-0.25, -0.2) is 4.39 Å². The highest BCUT2D eigenvalue weighted by Gasteiger charge is 2.18. The van der Waals surface area contributed by atoms with Crippen LogP contribution in [0.5, 0.6) is 0 Å². The molecular formula is C13H11FN2O4. The van der Waals surface area contributed by atoms with E-state index in [1.807, 2.05) is 0 Å². The van der Waals surface area contributed by atoms with Crippen LogP contribution in [0.25, 0.3) is 0 Å². The Labute approximate surface area is 113 Å². The fraction of sp³-hybridized carbons (Fsp3) is 0.231. The molecule has 0 aromatic heterocycles. The number of nitro benzene ring substituents is 1. The molecule has 1 aliphatic carbocycles. The largest absolute Gasteiger partial charge is 0.512 e. The molecule has 20 heavy (non-hydrogen) atoms. The number of hydrogen-bond donors (Lipinski definition) is 1. The van der Waals surface area contributed by atoms with Crippen molar-refractivity contribution in [2.24, 2.45) is 4.99 Å². The van der Waals surface area contributed by atoms with E-state index in [9.17, 15) is 24.4 Å². The first-order chi connectivity index (χ1) is 9.49. The van der Waals surface area contributed by atoms with Crippen molar-refractivity contribution < 1.29 is 19.2 Å². The molecule has 1 aromatic carbocycles. The van der Waals surface area contributed by atoms with E-state index in [0.717, 1.165) is 24.4 Å². The predicted octanol–water partition coefficient (Wildman–Crippen LogP) is 3.00. The maximum absolute atomic E-state index is 13.6. The molecule has 104 valence electrons. The molecule has 0 bridgehead atoms. The first-order valence-electron chi connectivity index (χ1n) is 5.92. The number of hydrogen-bond acceptors (Lipinski definition) is 5. The van der Waals surface area contributed by atoms with E-state index in [1.165, 1.54) is 0 Å². The number of rotatable bonds is 3. The van der Waals surface area contributed by atoms with Gasteiger partial charge in [0.1, 0.15) is 5.76 Å². The Morgan fingerprint density at radius 3 is 2.75 bits per heavy atom. The number of carbonyl (C=O) groups excluding carboxylic acids is 1. The lowest BCUT2D eigenvalue weighted by atomic mass is 9.97. The quantitative estimate of drug-likeness (QED) is 0.522. The molecule has 0 saturated carbocycles. The van der Waals surface area contributed by atoms with Crippen molar-refractivity contribution in [1.29, 1.82) is 0 Å². The Morgan fingerprint density at radius 1 is 1.40 bits per heavy atom. The molecular weight excluding hydrogens is 267 g/mol. The lowest BCUT2D eigenvalue weighted by Gasteiger charge is -2.11. The van der Waals surface area contributed by atoms with Crippen molar-refractivity contribution in [3.05, 3.63) is 45.5 Å². The Bertz CT molecular complexity index is 637. The highest BCUT2D eigenvalue weighted by molar-refractivity contribution is 6.14. The monoisotopic (exact) mass is 278 g/mol. The third-order valence-corrected chi connectivity index (χ3v) is 2.90. The molecule has 7 heteroatoms. The van der Waals surface area contributed by atoms with Crippen molar-refractivity contribution in [2.75, 3.05) is 0 Å². The van der Waals surface area contributed by atoms with Crippen LogP contribution in [0, 0.1) is 15.9 Å². The van der Waals surface area contributed by atoms with E-state index < -0.39 is 10.7 Å². The zero-order valence-corrected chi connectivity index (χ0v) is 10.4. The van der Waals surface area contributed by atoms with Crippen molar-refractivity contribution in [3.8, 4) is 0 Å². The molecule has 0 saturated heterocycles. The summed E-state index contributed by atoms with van der Waals surface area (Å²) in [5, 5.41) is 20.1. The molecule has 6 nitrogen and oxygen atoms in total. The van der Waals surface area contributed by atoms with Crippen LogP contribution in [0.15, 0.2) is 34.5 Å². The van der Waals surface area contributed by atoms with E-state index in [2.05, 4.69) is 4.99 Å². The van der Waals surface area contributed by atoms with Crippen LogP contribution in [-0.4, -0.2) is 22.0 Å². The maximum Gasteiger partial charge on any atom is 0.272 e. The van der Waals surface area contributed by atoms with Crippen LogP contribution in [-0.2, 0) is 4.79 Å². The number of non-ortho nitro benzene ring substituents is 1. The smallest absolute Gasteiger partial charge is 0.272 e. The highest BCUT2D eigenvalue weighted by Crippen LogP contribution is 2.24.